The monoisotopic (exact) mass is 420 g/mol. The van der Waals surface area contributed by atoms with Crippen LogP contribution in [0.25, 0.3) is 0 Å². The molecule has 0 unspecified atom stereocenters. The highest BCUT2D eigenvalue weighted by molar-refractivity contribution is 7.92. The Kier molecular flexibility index (Phi) is 6.17. The van der Waals surface area contributed by atoms with Crippen molar-refractivity contribution in [3.8, 4) is 17.2 Å². The topological polar surface area (TPSA) is 94.2 Å². The molecule has 0 radical (unpaired) electrons. The minimum atomic E-state index is -3.68. The van der Waals surface area contributed by atoms with Crippen LogP contribution in [0.1, 0.15) is 12.5 Å². The summed E-state index contributed by atoms with van der Waals surface area (Å²) < 4.78 is 41.8. The number of benzene rings is 2. The number of fused-ring (bicyclic) bond motifs is 1. The molecule has 0 spiro atoms. The standard InChI is InChI=1S/C20H24N2O6S/c1-14-6-4-5-7-17(14)26-12-15(2)21-20(23)11-22(29(3,24)25)16-8-9-18-19(10-16)28-13-27-18/h4-10,15H,11-13H2,1-3H3,(H,21,23)/t15-/m0/s1. The number of nitrogens with one attached hydrogen (secondary N) is 1. The average Bonchev–Trinajstić information content (AvgIpc) is 3.12. The number of sulfonamides is 1. The quantitative estimate of drug-likeness (QED) is 0.703. The molecule has 156 valence electrons. The number of anilines is 1. The summed E-state index contributed by atoms with van der Waals surface area (Å²) in [6.07, 6.45) is 1.05. The van der Waals surface area contributed by atoms with Crippen LogP contribution in [0.4, 0.5) is 5.69 Å². The van der Waals surface area contributed by atoms with Crippen LogP contribution in [0.2, 0.25) is 0 Å². The largest absolute Gasteiger partial charge is 0.491 e. The molecule has 0 saturated carbocycles. The Morgan fingerprint density at radius 1 is 1.21 bits per heavy atom. The number of para-hydroxylation sites is 1. The van der Waals surface area contributed by atoms with Crippen LogP contribution in [0.3, 0.4) is 0 Å². The Labute approximate surface area is 170 Å². The normalized spacial score (nSPS) is 13.6. The number of rotatable bonds is 8. The molecule has 0 fully saturated rings. The summed E-state index contributed by atoms with van der Waals surface area (Å²) in [6, 6.07) is 12.0. The molecule has 1 heterocycles. The van der Waals surface area contributed by atoms with Crippen molar-refractivity contribution in [3.63, 3.8) is 0 Å². The van der Waals surface area contributed by atoms with E-state index in [1.165, 1.54) is 0 Å². The molecule has 0 aliphatic carbocycles. The van der Waals surface area contributed by atoms with Crippen molar-refractivity contribution >= 4 is 21.6 Å². The van der Waals surface area contributed by atoms with Crippen molar-refractivity contribution < 1.29 is 27.4 Å². The minimum Gasteiger partial charge on any atom is -0.491 e. The molecular weight excluding hydrogens is 396 g/mol. The molecule has 2 aromatic rings. The zero-order valence-electron chi connectivity index (χ0n) is 16.5. The molecule has 3 rings (SSSR count). The van der Waals surface area contributed by atoms with E-state index in [9.17, 15) is 13.2 Å². The van der Waals surface area contributed by atoms with Gasteiger partial charge in [0.05, 0.1) is 18.0 Å². The van der Waals surface area contributed by atoms with E-state index in [2.05, 4.69) is 5.32 Å². The fourth-order valence-corrected chi connectivity index (χ4v) is 3.71. The highest BCUT2D eigenvalue weighted by Crippen LogP contribution is 2.36. The first-order chi connectivity index (χ1) is 13.7. The van der Waals surface area contributed by atoms with Gasteiger partial charge >= 0.3 is 0 Å². The first-order valence-corrected chi connectivity index (χ1v) is 10.9. The number of aryl methyl sites for hydroxylation is 1. The van der Waals surface area contributed by atoms with Gasteiger partial charge in [-0.15, -0.1) is 0 Å². The van der Waals surface area contributed by atoms with Gasteiger partial charge in [0.15, 0.2) is 11.5 Å². The van der Waals surface area contributed by atoms with Crippen LogP contribution in [0, 0.1) is 6.92 Å². The summed E-state index contributed by atoms with van der Waals surface area (Å²) in [6.45, 7) is 3.72. The summed E-state index contributed by atoms with van der Waals surface area (Å²) in [5, 5.41) is 2.77. The third kappa shape index (κ3) is 5.32. The van der Waals surface area contributed by atoms with Gasteiger partial charge in [-0.25, -0.2) is 8.42 Å². The predicted molar refractivity (Wildman–Crippen MR) is 109 cm³/mol. The molecule has 29 heavy (non-hydrogen) atoms. The summed E-state index contributed by atoms with van der Waals surface area (Å²) in [5.41, 5.74) is 1.33. The molecule has 1 amide bonds. The lowest BCUT2D eigenvalue weighted by molar-refractivity contribution is -0.120. The number of carbonyl (C=O) groups is 1. The van der Waals surface area contributed by atoms with Gasteiger partial charge in [-0.05, 0) is 37.6 Å². The second-order valence-electron chi connectivity index (χ2n) is 6.85. The number of amides is 1. The van der Waals surface area contributed by atoms with E-state index < -0.39 is 15.9 Å². The summed E-state index contributed by atoms with van der Waals surface area (Å²) in [5.74, 6) is 1.28. The van der Waals surface area contributed by atoms with Gasteiger partial charge in [0.2, 0.25) is 22.7 Å². The van der Waals surface area contributed by atoms with Crippen molar-refractivity contribution in [2.75, 3.05) is 30.5 Å². The van der Waals surface area contributed by atoms with E-state index in [1.807, 2.05) is 31.2 Å². The lowest BCUT2D eigenvalue weighted by Gasteiger charge is -2.23. The molecule has 0 aromatic heterocycles. The highest BCUT2D eigenvalue weighted by atomic mass is 32.2. The van der Waals surface area contributed by atoms with Crippen molar-refractivity contribution in [1.29, 1.82) is 0 Å². The summed E-state index contributed by atoms with van der Waals surface area (Å²) in [4.78, 5) is 12.5. The maximum atomic E-state index is 12.5. The van der Waals surface area contributed by atoms with Crippen LogP contribution < -0.4 is 23.8 Å². The molecule has 1 aliphatic rings. The Morgan fingerprint density at radius 2 is 1.93 bits per heavy atom. The van der Waals surface area contributed by atoms with Crippen molar-refractivity contribution in [2.45, 2.75) is 19.9 Å². The van der Waals surface area contributed by atoms with Gasteiger partial charge in [0.25, 0.3) is 0 Å². The van der Waals surface area contributed by atoms with Crippen LogP contribution in [-0.2, 0) is 14.8 Å². The van der Waals surface area contributed by atoms with Gasteiger partial charge in [0.1, 0.15) is 18.9 Å². The first kappa shape index (κ1) is 20.8. The molecule has 1 atom stereocenters. The lowest BCUT2D eigenvalue weighted by Crippen LogP contribution is -2.44. The minimum absolute atomic E-state index is 0.0799. The van der Waals surface area contributed by atoms with E-state index in [0.29, 0.717) is 17.2 Å². The van der Waals surface area contributed by atoms with Crippen LogP contribution in [0.5, 0.6) is 17.2 Å². The third-order valence-corrected chi connectivity index (χ3v) is 5.46. The molecule has 0 saturated heterocycles. The van der Waals surface area contributed by atoms with Gasteiger partial charge in [-0.3, -0.25) is 9.10 Å². The Bertz CT molecular complexity index is 992. The summed E-state index contributed by atoms with van der Waals surface area (Å²) in [7, 11) is -3.68. The van der Waals surface area contributed by atoms with E-state index in [-0.39, 0.29) is 26.0 Å². The fourth-order valence-electron chi connectivity index (χ4n) is 2.87. The second-order valence-corrected chi connectivity index (χ2v) is 8.76. The van der Waals surface area contributed by atoms with Crippen LogP contribution >= 0.6 is 0 Å². The van der Waals surface area contributed by atoms with Gasteiger partial charge in [-0.2, -0.15) is 0 Å². The van der Waals surface area contributed by atoms with E-state index in [0.717, 1.165) is 21.9 Å². The van der Waals surface area contributed by atoms with E-state index >= 15 is 0 Å². The van der Waals surface area contributed by atoms with E-state index in [4.69, 9.17) is 14.2 Å². The number of hydrogen-bond donors (Lipinski definition) is 1. The number of hydrogen-bond acceptors (Lipinski definition) is 6. The van der Waals surface area contributed by atoms with Crippen molar-refractivity contribution in [1.82, 2.24) is 5.32 Å². The molecule has 1 N–H and O–H groups in total. The smallest absolute Gasteiger partial charge is 0.241 e. The first-order valence-electron chi connectivity index (χ1n) is 9.09. The Balaban J connectivity index is 1.62. The van der Waals surface area contributed by atoms with Gasteiger partial charge in [-0.1, -0.05) is 18.2 Å². The molecule has 0 bridgehead atoms. The molecule has 9 heteroatoms. The maximum absolute atomic E-state index is 12.5. The third-order valence-electron chi connectivity index (χ3n) is 4.32. The zero-order valence-corrected chi connectivity index (χ0v) is 17.4. The predicted octanol–water partition coefficient (Wildman–Crippen LogP) is 2.07. The van der Waals surface area contributed by atoms with Crippen LogP contribution in [-0.4, -0.2) is 46.6 Å². The number of carbonyl (C=O) groups excluding carboxylic acids is 1. The fraction of sp³-hybridized carbons (Fsp3) is 0.350. The van der Waals surface area contributed by atoms with Crippen LogP contribution in [0.15, 0.2) is 42.5 Å². The molecule has 1 aliphatic heterocycles. The maximum Gasteiger partial charge on any atom is 0.241 e. The Morgan fingerprint density at radius 3 is 2.66 bits per heavy atom. The number of ether oxygens (including phenoxy) is 3. The van der Waals surface area contributed by atoms with Gasteiger partial charge < -0.3 is 19.5 Å². The Hall–Kier alpha value is -2.94. The second kappa shape index (κ2) is 8.60. The molecule has 2 aromatic carbocycles. The van der Waals surface area contributed by atoms with Crippen molar-refractivity contribution in [3.05, 3.63) is 48.0 Å². The molecule has 8 nitrogen and oxygen atoms in total. The highest BCUT2D eigenvalue weighted by Gasteiger charge is 2.24. The zero-order chi connectivity index (χ0) is 21.0. The van der Waals surface area contributed by atoms with E-state index in [1.54, 1.807) is 25.1 Å². The van der Waals surface area contributed by atoms with Crippen molar-refractivity contribution in [2.24, 2.45) is 0 Å². The van der Waals surface area contributed by atoms with Gasteiger partial charge in [0, 0.05) is 6.07 Å². The lowest BCUT2D eigenvalue weighted by atomic mass is 10.2. The molecular formula is C20H24N2O6S. The SMILES string of the molecule is Cc1ccccc1OC[C@H](C)NC(=O)CN(c1ccc2c(c1)OCO2)S(C)(=O)=O. The number of nitrogens with zero attached hydrogens (tertiary/aromatic N) is 1. The summed E-state index contributed by atoms with van der Waals surface area (Å²) >= 11 is 0. The average molecular weight is 420 g/mol.